The molecule has 0 radical (unpaired) electrons. The molecule has 1 aliphatic heterocycles. The zero-order valence-electron chi connectivity index (χ0n) is 17.4. The number of ketones is 1. The summed E-state index contributed by atoms with van der Waals surface area (Å²) >= 11 is 7.29. The topological polar surface area (TPSA) is 79.7 Å². The Morgan fingerprint density at radius 2 is 1.82 bits per heavy atom. The van der Waals surface area contributed by atoms with Gasteiger partial charge < -0.3 is 9.84 Å². The first-order chi connectivity index (χ1) is 16.0. The lowest BCUT2D eigenvalue weighted by atomic mass is 9.95. The number of rotatable bonds is 4. The number of carbonyl (C=O) groups excluding carboxylic acids is 2. The van der Waals surface area contributed by atoms with E-state index in [1.54, 1.807) is 48.5 Å². The predicted octanol–water partition coefficient (Wildman–Crippen LogP) is 5.58. The summed E-state index contributed by atoms with van der Waals surface area (Å²) in [5.41, 5.74) is 1.70. The second-order valence-corrected chi connectivity index (χ2v) is 8.86. The quantitative estimate of drug-likeness (QED) is 0.236. The smallest absolute Gasteiger partial charge is 0.301 e. The molecule has 4 aromatic rings. The monoisotopic (exact) mass is 476 g/mol. The molecule has 1 aliphatic rings. The van der Waals surface area contributed by atoms with Crippen molar-refractivity contribution in [1.82, 2.24) is 4.98 Å². The minimum absolute atomic E-state index is 0.0187. The van der Waals surface area contributed by atoms with Crippen molar-refractivity contribution in [2.75, 3.05) is 12.0 Å². The van der Waals surface area contributed by atoms with Gasteiger partial charge in [-0.25, -0.2) is 4.98 Å². The fourth-order valence-electron chi connectivity index (χ4n) is 3.88. The SMILES string of the molecule is COc1cccc([C@H]2C(=C(O)c3ccc(Cl)cc3)C(=O)C(=O)N2c2nc3ccccc3s2)c1. The summed E-state index contributed by atoms with van der Waals surface area (Å²) in [5.74, 6) is -1.25. The largest absolute Gasteiger partial charge is 0.507 e. The number of aliphatic hydroxyl groups is 1. The number of aliphatic hydroxyl groups excluding tert-OH is 1. The second kappa shape index (κ2) is 8.35. The number of anilines is 1. The number of amides is 1. The fourth-order valence-corrected chi connectivity index (χ4v) is 5.00. The molecule has 5 rings (SSSR count). The fraction of sp³-hybridized carbons (Fsp3) is 0.0800. The number of hydrogen-bond donors (Lipinski definition) is 1. The van der Waals surface area contributed by atoms with E-state index in [0.717, 1.165) is 10.2 Å². The van der Waals surface area contributed by atoms with Crippen LogP contribution < -0.4 is 9.64 Å². The molecular weight excluding hydrogens is 460 g/mol. The van der Waals surface area contributed by atoms with E-state index in [-0.39, 0.29) is 11.3 Å². The van der Waals surface area contributed by atoms with Crippen molar-refractivity contribution in [3.05, 3.63) is 94.5 Å². The minimum atomic E-state index is -0.878. The number of thiazole rings is 1. The lowest BCUT2D eigenvalue weighted by Crippen LogP contribution is -2.29. The van der Waals surface area contributed by atoms with Gasteiger partial charge in [0.2, 0.25) is 0 Å². The maximum Gasteiger partial charge on any atom is 0.301 e. The molecule has 1 saturated heterocycles. The number of para-hydroxylation sites is 1. The van der Waals surface area contributed by atoms with Gasteiger partial charge in [0.25, 0.3) is 5.78 Å². The number of fused-ring (bicyclic) bond motifs is 1. The molecule has 1 atom stereocenters. The highest BCUT2D eigenvalue weighted by Gasteiger charge is 2.48. The Bertz CT molecular complexity index is 1390. The third-order valence-electron chi connectivity index (χ3n) is 5.46. The summed E-state index contributed by atoms with van der Waals surface area (Å²) < 4.78 is 6.24. The summed E-state index contributed by atoms with van der Waals surface area (Å²) in [5, 5.41) is 12.0. The molecule has 164 valence electrons. The number of aromatic nitrogens is 1. The van der Waals surface area contributed by atoms with Crippen LogP contribution in [0.15, 0.2) is 78.4 Å². The Labute approximate surface area is 198 Å². The number of carbonyl (C=O) groups is 2. The molecule has 1 N–H and O–H groups in total. The molecule has 0 unspecified atom stereocenters. The van der Waals surface area contributed by atoms with Gasteiger partial charge in [0.05, 0.1) is 28.9 Å². The third-order valence-corrected chi connectivity index (χ3v) is 6.75. The summed E-state index contributed by atoms with van der Waals surface area (Å²) in [6.45, 7) is 0. The Balaban J connectivity index is 1.74. The molecule has 0 saturated carbocycles. The average Bonchev–Trinajstić information content (AvgIpc) is 3.37. The zero-order valence-corrected chi connectivity index (χ0v) is 18.9. The summed E-state index contributed by atoms with van der Waals surface area (Å²) in [4.78, 5) is 32.4. The van der Waals surface area contributed by atoms with Crippen LogP contribution in [0.5, 0.6) is 5.75 Å². The van der Waals surface area contributed by atoms with E-state index < -0.39 is 17.7 Å². The van der Waals surface area contributed by atoms with Gasteiger partial charge >= 0.3 is 5.91 Å². The first-order valence-corrected chi connectivity index (χ1v) is 11.2. The van der Waals surface area contributed by atoms with Crippen molar-refractivity contribution in [2.24, 2.45) is 0 Å². The van der Waals surface area contributed by atoms with E-state index in [9.17, 15) is 14.7 Å². The highest BCUT2D eigenvalue weighted by molar-refractivity contribution is 7.22. The summed E-state index contributed by atoms with van der Waals surface area (Å²) in [7, 11) is 1.54. The van der Waals surface area contributed by atoms with Crippen LogP contribution >= 0.6 is 22.9 Å². The number of halogens is 1. The Morgan fingerprint density at radius 1 is 1.06 bits per heavy atom. The van der Waals surface area contributed by atoms with Gasteiger partial charge in [0, 0.05) is 10.6 Å². The van der Waals surface area contributed by atoms with E-state index >= 15 is 0 Å². The normalized spacial score (nSPS) is 17.6. The van der Waals surface area contributed by atoms with Crippen molar-refractivity contribution in [2.45, 2.75) is 6.04 Å². The van der Waals surface area contributed by atoms with Gasteiger partial charge in [0.1, 0.15) is 11.5 Å². The van der Waals surface area contributed by atoms with E-state index in [0.29, 0.717) is 27.0 Å². The van der Waals surface area contributed by atoms with E-state index in [1.807, 2.05) is 24.3 Å². The average molecular weight is 477 g/mol. The molecule has 33 heavy (non-hydrogen) atoms. The van der Waals surface area contributed by atoms with Crippen molar-refractivity contribution >= 4 is 55.7 Å². The van der Waals surface area contributed by atoms with Gasteiger partial charge in [-0.2, -0.15) is 0 Å². The second-order valence-electron chi connectivity index (χ2n) is 7.42. The maximum absolute atomic E-state index is 13.3. The highest BCUT2D eigenvalue weighted by atomic mass is 35.5. The summed E-state index contributed by atoms with van der Waals surface area (Å²) in [6.07, 6.45) is 0. The molecule has 1 aromatic heterocycles. The van der Waals surface area contributed by atoms with Gasteiger partial charge in [0.15, 0.2) is 5.13 Å². The van der Waals surface area contributed by atoms with Gasteiger partial charge in [-0.05, 0) is 54.1 Å². The van der Waals surface area contributed by atoms with Gasteiger partial charge in [-0.15, -0.1) is 0 Å². The Kier molecular flexibility index (Phi) is 5.36. The van der Waals surface area contributed by atoms with Crippen LogP contribution in [0.3, 0.4) is 0 Å². The molecule has 1 amide bonds. The number of Topliss-reactive ketones (excluding diaryl/α,β-unsaturated/α-hetero) is 1. The molecule has 3 aromatic carbocycles. The van der Waals surface area contributed by atoms with Crippen molar-refractivity contribution in [1.29, 1.82) is 0 Å². The number of ether oxygens (including phenoxy) is 1. The van der Waals surface area contributed by atoms with Crippen LogP contribution in [-0.4, -0.2) is 28.9 Å². The number of benzene rings is 3. The van der Waals surface area contributed by atoms with Crippen LogP contribution in [0.2, 0.25) is 5.02 Å². The lowest BCUT2D eigenvalue weighted by Gasteiger charge is -2.23. The van der Waals surface area contributed by atoms with Crippen molar-refractivity contribution in [3.63, 3.8) is 0 Å². The molecule has 0 bridgehead atoms. The van der Waals surface area contributed by atoms with Crippen molar-refractivity contribution < 1.29 is 19.4 Å². The summed E-state index contributed by atoms with van der Waals surface area (Å²) in [6, 6.07) is 20.1. The van der Waals surface area contributed by atoms with Crippen molar-refractivity contribution in [3.8, 4) is 5.75 Å². The molecule has 1 fully saturated rings. The molecular formula is C25H17ClN2O4S. The van der Waals surface area contributed by atoms with Crippen LogP contribution in [0, 0.1) is 0 Å². The first-order valence-electron chi connectivity index (χ1n) is 10.0. The van der Waals surface area contributed by atoms with Crippen LogP contribution in [0.4, 0.5) is 5.13 Å². The lowest BCUT2D eigenvalue weighted by molar-refractivity contribution is -0.132. The third kappa shape index (κ3) is 3.65. The molecule has 2 heterocycles. The molecule has 0 spiro atoms. The van der Waals surface area contributed by atoms with Crippen LogP contribution in [0.25, 0.3) is 16.0 Å². The zero-order chi connectivity index (χ0) is 23.1. The molecule has 8 heteroatoms. The molecule has 6 nitrogen and oxygen atoms in total. The van der Waals surface area contributed by atoms with Gasteiger partial charge in [-0.1, -0.05) is 47.2 Å². The van der Waals surface area contributed by atoms with E-state index in [1.165, 1.54) is 23.3 Å². The van der Waals surface area contributed by atoms with Crippen LogP contribution in [0.1, 0.15) is 17.2 Å². The highest BCUT2D eigenvalue weighted by Crippen LogP contribution is 2.44. The predicted molar refractivity (Wildman–Crippen MR) is 129 cm³/mol. The maximum atomic E-state index is 13.3. The van der Waals surface area contributed by atoms with Crippen LogP contribution in [-0.2, 0) is 9.59 Å². The minimum Gasteiger partial charge on any atom is -0.507 e. The van der Waals surface area contributed by atoms with Gasteiger partial charge in [-0.3, -0.25) is 14.5 Å². The van der Waals surface area contributed by atoms with E-state index in [4.69, 9.17) is 16.3 Å². The number of hydrogen-bond acceptors (Lipinski definition) is 6. The number of nitrogens with zero attached hydrogens (tertiary/aromatic N) is 2. The molecule has 0 aliphatic carbocycles. The Hall–Kier alpha value is -3.68. The van der Waals surface area contributed by atoms with E-state index in [2.05, 4.69) is 4.98 Å². The first kappa shape index (κ1) is 21.2. The number of methoxy groups -OCH3 is 1. The Morgan fingerprint density at radius 3 is 2.55 bits per heavy atom. The standard InChI is InChI=1S/C25H17ClN2O4S/c1-32-17-6-4-5-15(13-17)21-20(22(29)14-9-11-16(26)12-10-14)23(30)24(31)28(21)25-27-18-7-2-3-8-19(18)33-25/h2-13,21,29H,1H3/t21-/m0/s1.